The third-order valence-electron chi connectivity index (χ3n) is 3.85. The van der Waals surface area contributed by atoms with Crippen LogP contribution in [0.1, 0.15) is 29.3 Å². The number of thioether (sulfide) groups is 1. The summed E-state index contributed by atoms with van der Waals surface area (Å²) in [5.74, 6) is -0.479. The molecule has 2 N–H and O–H groups in total. The Morgan fingerprint density at radius 1 is 1.03 bits per heavy atom. The molecule has 2 aromatic rings. The Morgan fingerprint density at radius 3 is 2.41 bits per heavy atom. The summed E-state index contributed by atoms with van der Waals surface area (Å²) in [6.07, 6.45) is 0.239. The molecule has 0 spiro atoms. The zero-order valence-electron chi connectivity index (χ0n) is 16.3. The van der Waals surface area contributed by atoms with Gasteiger partial charge < -0.3 is 15.4 Å². The van der Waals surface area contributed by atoms with Gasteiger partial charge >= 0.3 is 5.97 Å². The number of hydrogen-bond acceptors (Lipinski definition) is 5. The van der Waals surface area contributed by atoms with Crippen molar-refractivity contribution in [3.05, 3.63) is 59.4 Å². The molecular weight excluding hydrogens is 395 g/mol. The Labute approximate surface area is 173 Å². The van der Waals surface area contributed by atoms with Gasteiger partial charge in [-0.25, -0.2) is 9.18 Å². The van der Waals surface area contributed by atoms with Crippen LogP contribution in [0.2, 0.25) is 0 Å². The summed E-state index contributed by atoms with van der Waals surface area (Å²) in [4.78, 5) is 35.5. The molecule has 0 saturated carbocycles. The first-order valence-electron chi connectivity index (χ1n) is 9.10. The maximum atomic E-state index is 13.1. The van der Waals surface area contributed by atoms with Crippen LogP contribution in [0, 0.1) is 12.7 Å². The number of halogens is 1. The number of aryl methyl sites for hydroxylation is 1. The van der Waals surface area contributed by atoms with E-state index in [0.29, 0.717) is 34.9 Å². The maximum Gasteiger partial charge on any atom is 0.338 e. The number of esters is 1. The van der Waals surface area contributed by atoms with E-state index in [4.69, 9.17) is 4.74 Å². The topological polar surface area (TPSA) is 84.5 Å². The molecular formula is C21H23FN2O4S. The number of hydrogen-bond donors (Lipinski definition) is 2. The summed E-state index contributed by atoms with van der Waals surface area (Å²) in [5, 5.41) is 5.46. The van der Waals surface area contributed by atoms with Crippen LogP contribution in [0.3, 0.4) is 0 Å². The van der Waals surface area contributed by atoms with Gasteiger partial charge in [0.2, 0.25) is 11.8 Å². The first-order chi connectivity index (χ1) is 13.9. The lowest BCUT2D eigenvalue weighted by Crippen LogP contribution is -2.16. The van der Waals surface area contributed by atoms with Crippen LogP contribution in [0.15, 0.2) is 42.5 Å². The van der Waals surface area contributed by atoms with Crippen molar-refractivity contribution in [3.63, 3.8) is 0 Å². The van der Waals surface area contributed by atoms with Crippen LogP contribution < -0.4 is 10.6 Å². The number of rotatable bonds is 9. The number of ether oxygens (including phenoxy) is 1. The number of anilines is 2. The molecule has 0 fully saturated rings. The highest BCUT2D eigenvalue weighted by Crippen LogP contribution is 2.16. The standard InChI is InChI=1S/C21H23FN2O4S/c1-3-28-21(27)15-4-7-17(8-5-15)23-20(26)13-29-11-10-19(25)24-18-9-6-16(22)12-14(18)2/h4-9,12H,3,10-11,13H2,1-2H3,(H,23,26)(H,24,25). The molecule has 0 radical (unpaired) electrons. The molecule has 0 bridgehead atoms. The van der Waals surface area contributed by atoms with Gasteiger partial charge in [-0.05, 0) is 61.9 Å². The zero-order valence-corrected chi connectivity index (χ0v) is 17.1. The normalized spacial score (nSPS) is 10.3. The third kappa shape index (κ3) is 7.57. The van der Waals surface area contributed by atoms with Crippen LogP contribution in [0.5, 0.6) is 0 Å². The van der Waals surface area contributed by atoms with Gasteiger partial charge in [-0.1, -0.05) is 0 Å². The number of benzene rings is 2. The predicted molar refractivity (Wildman–Crippen MR) is 113 cm³/mol. The Hall–Kier alpha value is -2.87. The molecule has 0 saturated heterocycles. The summed E-state index contributed by atoms with van der Waals surface area (Å²) in [6, 6.07) is 10.6. The predicted octanol–water partition coefficient (Wildman–Crippen LogP) is 4.01. The first kappa shape index (κ1) is 22.4. The van der Waals surface area contributed by atoms with Crippen molar-refractivity contribution < 1.29 is 23.5 Å². The Morgan fingerprint density at radius 2 is 1.76 bits per heavy atom. The van der Waals surface area contributed by atoms with Gasteiger partial charge in [-0.3, -0.25) is 9.59 Å². The van der Waals surface area contributed by atoms with E-state index in [9.17, 15) is 18.8 Å². The fraction of sp³-hybridized carbons (Fsp3) is 0.286. The molecule has 2 amide bonds. The molecule has 154 valence electrons. The smallest absolute Gasteiger partial charge is 0.338 e. The van der Waals surface area contributed by atoms with Crippen molar-refractivity contribution in [1.29, 1.82) is 0 Å². The largest absolute Gasteiger partial charge is 0.462 e. The highest BCUT2D eigenvalue weighted by atomic mass is 32.2. The third-order valence-corrected chi connectivity index (χ3v) is 4.81. The second-order valence-corrected chi connectivity index (χ2v) is 7.26. The fourth-order valence-electron chi connectivity index (χ4n) is 2.41. The van der Waals surface area contributed by atoms with E-state index in [1.807, 2.05) is 0 Å². The maximum absolute atomic E-state index is 13.1. The van der Waals surface area contributed by atoms with Crippen molar-refractivity contribution >= 4 is 40.9 Å². The van der Waals surface area contributed by atoms with Gasteiger partial charge in [0.1, 0.15) is 5.82 Å². The van der Waals surface area contributed by atoms with Crippen molar-refractivity contribution in [2.45, 2.75) is 20.3 Å². The summed E-state index contributed by atoms with van der Waals surface area (Å²) >= 11 is 1.33. The average Bonchev–Trinajstić information content (AvgIpc) is 2.68. The second-order valence-electron chi connectivity index (χ2n) is 6.16. The van der Waals surface area contributed by atoms with Gasteiger partial charge in [-0.15, -0.1) is 0 Å². The van der Waals surface area contributed by atoms with Gasteiger partial charge in [0, 0.05) is 23.5 Å². The van der Waals surface area contributed by atoms with Crippen LogP contribution in [-0.2, 0) is 14.3 Å². The second kappa shape index (κ2) is 11.2. The molecule has 29 heavy (non-hydrogen) atoms. The lowest BCUT2D eigenvalue weighted by Gasteiger charge is -2.09. The van der Waals surface area contributed by atoms with E-state index in [1.165, 1.54) is 30.0 Å². The Balaban J connectivity index is 1.69. The molecule has 8 heteroatoms. The number of nitrogens with one attached hydrogen (secondary N) is 2. The molecule has 0 aliphatic carbocycles. The molecule has 6 nitrogen and oxygen atoms in total. The number of carbonyl (C=O) groups is 3. The van der Waals surface area contributed by atoms with E-state index >= 15 is 0 Å². The van der Waals surface area contributed by atoms with Crippen LogP contribution >= 0.6 is 11.8 Å². The van der Waals surface area contributed by atoms with Crippen LogP contribution in [0.25, 0.3) is 0 Å². The fourth-order valence-corrected chi connectivity index (χ4v) is 3.14. The first-order valence-corrected chi connectivity index (χ1v) is 10.2. The van der Waals surface area contributed by atoms with Gasteiger partial charge in [0.05, 0.1) is 17.9 Å². The molecule has 2 rings (SSSR count). The van der Waals surface area contributed by atoms with Crippen molar-refractivity contribution in [3.8, 4) is 0 Å². The average molecular weight is 418 g/mol. The monoisotopic (exact) mass is 418 g/mol. The summed E-state index contributed by atoms with van der Waals surface area (Å²) in [7, 11) is 0. The van der Waals surface area contributed by atoms with E-state index in [-0.39, 0.29) is 29.8 Å². The summed E-state index contributed by atoms with van der Waals surface area (Å²) in [5.41, 5.74) is 2.22. The Bertz CT molecular complexity index is 871. The minimum absolute atomic E-state index is 0.192. The van der Waals surface area contributed by atoms with E-state index in [2.05, 4.69) is 10.6 Å². The molecule has 0 heterocycles. The molecule has 0 atom stereocenters. The summed E-state index contributed by atoms with van der Waals surface area (Å²) < 4.78 is 18.0. The lowest BCUT2D eigenvalue weighted by molar-refractivity contribution is -0.116. The van der Waals surface area contributed by atoms with Crippen LogP contribution in [0.4, 0.5) is 15.8 Å². The highest BCUT2D eigenvalue weighted by Gasteiger charge is 2.09. The molecule has 2 aromatic carbocycles. The van der Waals surface area contributed by atoms with Crippen molar-refractivity contribution in [1.82, 2.24) is 0 Å². The molecule has 0 aliphatic rings. The Kier molecular flexibility index (Phi) is 8.67. The SMILES string of the molecule is CCOC(=O)c1ccc(NC(=O)CSCCC(=O)Nc2ccc(F)cc2C)cc1. The lowest BCUT2D eigenvalue weighted by atomic mass is 10.2. The molecule has 0 aliphatic heterocycles. The quantitative estimate of drug-likeness (QED) is 0.475. The van der Waals surface area contributed by atoms with E-state index in [0.717, 1.165) is 0 Å². The minimum atomic E-state index is -0.407. The van der Waals surface area contributed by atoms with E-state index in [1.54, 1.807) is 38.1 Å². The van der Waals surface area contributed by atoms with Crippen molar-refractivity contribution in [2.75, 3.05) is 28.7 Å². The van der Waals surface area contributed by atoms with E-state index < -0.39 is 5.97 Å². The number of amides is 2. The van der Waals surface area contributed by atoms with Gasteiger partial charge in [0.25, 0.3) is 0 Å². The zero-order chi connectivity index (χ0) is 21.2. The minimum Gasteiger partial charge on any atom is -0.462 e. The highest BCUT2D eigenvalue weighted by molar-refractivity contribution is 7.99. The summed E-state index contributed by atoms with van der Waals surface area (Å²) in [6.45, 7) is 3.75. The number of carbonyl (C=O) groups excluding carboxylic acids is 3. The van der Waals surface area contributed by atoms with Crippen molar-refractivity contribution in [2.24, 2.45) is 0 Å². The molecule has 0 unspecified atom stereocenters. The van der Waals surface area contributed by atoms with Crippen LogP contribution in [-0.4, -0.2) is 35.9 Å². The van der Waals surface area contributed by atoms with Gasteiger partial charge in [0.15, 0.2) is 0 Å². The molecule has 0 aromatic heterocycles. The van der Waals surface area contributed by atoms with Gasteiger partial charge in [-0.2, -0.15) is 11.8 Å².